The van der Waals surface area contributed by atoms with Crippen LogP contribution in [0.25, 0.3) is 0 Å². The second kappa shape index (κ2) is 10.3. The zero-order valence-corrected chi connectivity index (χ0v) is 22.0. The van der Waals surface area contributed by atoms with E-state index in [4.69, 9.17) is 27.2 Å². The molecule has 2 aromatic heterocycles. The van der Waals surface area contributed by atoms with Crippen molar-refractivity contribution in [3.05, 3.63) is 88.0 Å². The van der Waals surface area contributed by atoms with Crippen molar-refractivity contribution in [3.63, 3.8) is 0 Å². The first-order chi connectivity index (χ1) is 16.8. The third-order valence-electron chi connectivity index (χ3n) is 6.29. The molecule has 0 radical (unpaired) electrons. The topological polar surface area (TPSA) is 68.9 Å². The van der Waals surface area contributed by atoms with Crippen LogP contribution in [0.3, 0.4) is 0 Å². The van der Waals surface area contributed by atoms with E-state index in [2.05, 4.69) is 54.8 Å². The highest BCUT2D eigenvalue weighted by atomic mass is 32.1. The molecule has 8 heteroatoms. The standard InChI is InChI=1S/C27H32N6OS/c1-17-10-7-8-12-23(17)16-33-21(5)26(19(3)31-33)29-27(35)28-25-18(2)30-32(20(25)4)15-22-11-9-13-24(14-22)34-6/h7-14H,15-16H2,1-6H3,(H2,28,29,35). The van der Waals surface area contributed by atoms with Crippen LogP contribution in [0.2, 0.25) is 0 Å². The van der Waals surface area contributed by atoms with Crippen LogP contribution in [0.1, 0.15) is 39.5 Å². The fourth-order valence-electron chi connectivity index (χ4n) is 4.21. The summed E-state index contributed by atoms with van der Waals surface area (Å²) in [6.45, 7) is 11.6. The molecule has 0 aliphatic rings. The normalized spacial score (nSPS) is 10.9. The van der Waals surface area contributed by atoms with Gasteiger partial charge in [-0.1, -0.05) is 36.4 Å². The third kappa shape index (κ3) is 5.38. The smallest absolute Gasteiger partial charge is 0.175 e. The monoisotopic (exact) mass is 488 g/mol. The quantitative estimate of drug-likeness (QED) is 0.333. The van der Waals surface area contributed by atoms with Crippen molar-refractivity contribution in [1.29, 1.82) is 0 Å². The Kier molecular flexibility index (Phi) is 7.21. The summed E-state index contributed by atoms with van der Waals surface area (Å²) in [6.07, 6.45) is 0. The summed E-state index contributed by atoms with van der Waals surface area (Å²) in [6, 6.07) is 16.4. The van der Waals surface area contributed by atoms with E-state index in [1.807, 2.05) is 48.3 Å². The Morgan fingerprint density at radius 1 is 0.829 bits per heavy atom. The fraction of sp³-hybridized carbons (Fsp3) is 0.296. The van der Waals surface area contributed by atoms with Gasteiger partial charge in [-0.2, -0.15) is 10.2 Å². The molecule has 35 heavy (non-hydrogen) atoms. The first kappa shape index (κ1) is 24.5. The van der Waals surface area contributed by atoms with Gasteiger partial charge in [0.05, 0.1) is 54.3 Å². The zero-order valence-electron chi connectivity index (χ0n) is 21.1. The molecule has 0 amide bonds. The predicted octanol–water partition coefficient (Wildman–Crippen LogP) is 5.54. The highest BCUT2D eigenvalue weighted by Gasteiger charge is 2.17. The summed E-state index contributed by atoms with van der Waals surface area (Å²) in [5.74, 6) is 0.835. The van der Waals surface area contributed by atoms with E-state index >= 15 is 0 Å². The van der Waals surface area contributed by atoms with E-state index in [0.717, 1.165) is 52.0 Å². The maximum atomic E-state index is 5.68. The molecule has 0 fully saturated rings. The molecular formula is C27H32N6OS. The molecule has 0 saturated heterocycles. The Balaban J connectivity index is 1.48. The highest BCUT2D eigenvalue weighted by Crippen LogP contribution is 2.24. The number of methoxy groups -OCH3 is 1. The van der Waals surface area contributed by atoms with Crippen molar-refractivity contribution in [1.82, 2.24) is 19.6 Å². The average molecular weight is 489 g/mol. The molecule has 0 aliphatic carbocycles. The lowest BCUT2D eigenvalue weighted by atomic mass is 10.1. The van der Waals surface area contributed by atoms with Gasteiger partial charge in [0, 0.05) is 0 Å². The van der Waals surface area contributed by atoms with Gasteiger partial charge in [-0.3, -0.25) is 9.36 Å². The third-order valence-corrected chi connectivity index (χ3v) is 6.49. The van der Waals surface area contributed by atoms with E-state index in [-0.39, 0.29) is 0 Å². The second-order valence-corrected chi connectivity index (χ2v) is 9.17. The van der Waals surface area contributed by atoms with E-state index in [1.165, 1.54) is 11.1 Å². The largest absolute Gasteiger partial charge is 0.497 e. The molecule has 2 N–H and O–H groups in total. The number of anilines is 2. The molecule has 182 valence electrons. The lowest BCUT2D eigenvalue weighted by molar-refractivity contribution is 0.414. The van der Waals surface area contributed by atoms with Gasteiger partial charge in [-0.05, 0) is 75.7 Å². The predicted molar refractivity (Wildman–Crippen MR) is 146 cm³/mol. The van der Waals surface area contributed by atoms with Crippen LogP contribution in [0.15, 0.2) is 48.5 Å². The van der Waals surface area contributed by atoms with Crippen molar-refractivity contribution in [2.24, 2.45) is 0 Å². The maximum absolute atomic E-state index is 5.68. The Hall–Kier alpha value is -3.65. The molecule has 2 heterocycles. The summed E-state index contributed by atoms with van der Waals surface area (Å²) >= 11 is 5.68. The first-order valence-electron chi connectivity index (χ1n) is 11.6. The minimum atomic E-state index is 0.513. The number of hydrogen-bond acceptors (Lipinski definition) is 4. The molecule has 0 saturated carbocycles. The van der Waals surface area contributed by atoms with Crippen LogP contribution < -0.4 is 15.4 Å². The molecular weight excluding hydrogens is 456 g/mol. The summed E-state index contributed by atoms with van der Waals surface area (Å²) in [5.41, 5.74) is 9.30. The summed E-state index contributed by atoms with van der Waals surface area (Å²) in [4.78, 5) is 0. The Labute approximate surface area is 212 Å². The number of nitrogens with zero attached hydrogens (tertiary/aromatic N) is 4. The lowest BCUT2D eigenvalue weighted by Crippen LogP contribution is -2.21. The Bertz CT molecular complexity index is 1370. The van der Waals surface area contributed by atoms with E-state index in [1.54, 1.807) is 7.11 Å². The molecule has 0 unspecified atom stereocenters. The van der Waals surface area contributed by atoms with Gasteiger partial charge in [-0.15, -0.1) is 0 Å². The molecule has 0 aliphatic heterocycles. The van der Waals surface area contributed by atoms with Crippen molar-refractivity contribution in [3.8, 4) is 5.75 Å². The Morgan fingerprint density at radius 3 is 2.03 bits per heavy atom. The van der Waals surface area contributed by atoms with E-state index in [0.29, 0.717) is 11.7 Å². The van der Waals surface area contributed by atoms with Gasteiger partial charge < -0.3 is 15.4 Å². The van der Waals surface area contributed by atoms with Gasteiger partial charge in [0.15, 0.2) is 5.11 Å². The lowest BCUT2D eigenvalue weighted by Gasteiger charge is -2.12. The zero-order chi connectivity index (χ0) is 25.1. The number of nitrogens with one attached hydrogen (secondary N) is 2. The molecule has 0 bridgehead atoms. The minimum Gasteiger partial charge on any atom is -0.497 e. The summed E-state index contributed by atoms with van der Waals surface area (Å²) < 4.78 is 9.34. The number of hydrogen-bond donors (Lipinski definition) is 2. The van der Waals surface area contributed by atoms with Gasteiger partial charge in [-0.25, -0.2) is 0 Å². The number of thiocarbonyl (C=S) groups is 1. The van der Waals surface area contributed by atoms with Crippen LogP contribution in [0.5, 0.6) is 5.75 Å². The Morgan fingerprint density at radius 2 is 1.43 bits per heavy atom. The second-order valence-electron chi connectivity index (χ2n) is 8.76. The SMILES string of the molecule is COc1cccc(Cn2nc(C)c(NC(=S)Nc3c(C)nn(Cc4ccccc4C)c3C)c2C)c1. The van der Waals surface area contributed by atoms with Gasteiger partial charge in [0.1, 0.15) is 5.75 Å². The van der Waals surface area contributed by atoms with Crippen molar-refractivity contribution in [2.75, 3.05) is 17.7 Å². The summed E-state index contributed by atoms with van der Waals surface area (Å²) in [5, 5.41) is 16.7. The summed E-state index contributed by atoms with van der Waals surface area (Å²) in [7, 11) is 1.67. The molecule has 2 aromatic carbocycles. The van der Waals surface area contributed by atoms with Crippen LogP contribution in [0.4, 0.5) is 11.4 Å². The minimum absolute atomic E-state index is 0.513. The first-order valence-corrected chi connectivity index (χ1v) is 12.0. The number of rotatable bonds is 7. The van der Waals surface area contributed by atoms with Crippen LogP contribution in [-0.4, -0.2) is 31.8 Å². The average Bonchev–Trinajstić information content (AvgIpc) is 3.25. The molecule has 0 atom stereocenters. The molecule has 0 spiro atoms. The van der Waals surface area contributed by atoms with Crippen molar-refractivity contribution < 1.29 is 4.74 Å². The molecule has 4 rings (SSSR count). The number of aryl methyl sites for hydroxylation is 3. The fourth-order valence-corrected chi connectivity index (χ4v) is 4.42. The maximum Gasteiger partial charge on any atom is 0.175 e. The van der Waals surface area contributed by atoms with Crippen LogP contribution in [0, 0.1) is 34.6 Å². The molecule has 4 aromatic rings. The number of aromatic nitrogens is 4. The number of benzene rings is 2. The van der Waals surface area contributed by atoms with Gasteiger partial charge in [0.2, 0.25) is 0 Å². The van der Waals surface area contributed by atoms with Gasteiger partial charge in [0.25, 0.3) is 0 Å². The van der Waals surface area contributed by atoms with Crippen molar-refractivity contribution in [2.45, 2.75) is 47.7 Å². The van der Waals surface area contributed by atoms with E-state index < -0.39 is 0 Å². The van der Waals surface area contributed by atoms with Gasteiger partial charge >= 0.3 is 0 Å². The van der Waals surface area contributed by atoms with Crippen LogP contribution >= 0.6 is 12.2 Å². The van der Waals surface area contributed by atoms with E-state index in [9.17, 15) is 0 Å². The van der Waals surface area contributed by atoms with Crippen LogP contribution in [-0.2, 0) is 13.1 Å². The van der Waals surface area contributed by atoms with Crippen molar-refractivity contribution >= 4 is 28.7 Å². The number of ether oxygens (including phenoxy) is 1. The molecule has 7 nitrogen and oxygen atoms in total. The highest BCUT2D eigenvalue weighted by molar-refractivity contribution is 7.80.